The number of ether oxygens (including phenoxy) is 2. The number of rotatable bonds is 2. The highest BCUT2D eigenvalue weighted by Gasteiger charge is 2.46. The molecule has 0 aromatic heterocycles. The molecule has 0 saturated heterocycles. The molecule has 1 aliphatic heterocycles. The number of benzene rings is 1. The van der Waals surface area contributed by atoms with Gasteiger partial charge in [0.05, 0.1) is 19.6 Å². The number of carbonyl (C=O) groups is 1. The fourth-order valence-corrected chi connectivity index (χ4v) is 2.25. The molecule has 1 N–H and O–H groups in total. The Morgan fingerprint density at radius 1 is 1.28 bits per heavy atom. The minimum atomic E-state index is -0.828. The molecule has 0 unspecified atom stereocenters. The zero-order valence-electron chi connectivity index (χ0n) is 10.4. The third kappa shape index (κ3) is 2.03. The zero-order valence-corrected chi connectivity index (χ0v) is 10.4. The molecule has 1 spiro atoms. The first-order valence-electron chi connectivity index (χ1n) is 6.19. The average molecular weight is 248 g/mol. The largest absolute Gasteiger partial charge is 0.489 e. The highest BCUT2D eigenvalue weighted by atomic mass is 16.5. The number of hydrogen-bond acceptors (Lipinski definition) is 3. The number of aryl methyl sites for hydroxylation is 1. The van der Waals surface area contributed by atoms with Crippen LogP contribution in [0, 0.1) is 12.3 Å². The van der Waals surface area contributed by atoms with E-state index in [2.05, 4.69) is 0 Å². The molecular formula is C14H16O4. The SMILES string of the molecule is Cc1cc2c(cc1CC(=O)O)OCC1(CC1)CO2. The number of carboxylic acid groups (broad SMARTS) is 1. The lowest BCUT2D eigenvalue weighted by Crippen LogP contribution is -2.17. The Balaban J connectivity index is 1.90. The molecule has 1 aromatic rings. The van der Waals surface area contributed by atoms with Gasteiger partial charge in [0.15, 0.2) is 11.5 Å². The standard InChI is InChI=1S/C14H16O4/c1-9-4-11-12(5-10(9)6-13(15)16)18-8-14(2-3-14)7-17-11/h4-5H,2-3,6-8H2,1H3,(H,15,16). The van der Waals surface area contributed by atoms with Crippen LogP contribution in [0.3, 0.4) is 0 Å². The third-order valence-electron chi connectivity index (χ3n) is 3.77. The van der Waals surface area contributed by atoms with Crippen molar-refractivity contribution in [3.05, 3.63) is 23.3 Å². The zero-order chi connectivity index (χ0) is 12.8. The highest BCUT2D eigenvalue weighted by molar-refractivity contribution is 5.71. The fourth-order valence-electron chi connectivity index (χ4n) is 2.25. The van der Waals surface area contributed by atoms with Crippen molar-refractivity contribution in [1.29, 1.82) is 0 Å². The van der Waals surface area contributed by atoms with Crippen molar-refractivity contribution in [2.45, 2.75) is 26.2 Å². The molecule has 18 heavy (non-hydrogen) atoms. The summed E-state index contributed by atoms with van der Waals surface area (Å²) < 4.78 is 11.6. The molecule has 4 nitrogen and oxygen atoms in total. The van der Waals surface area contributed by atoms with E-state index in [4.69, 9.17) is 14.6 Å². The van der Waals surface area contributed by atoms with Crippen LogP contribution in [0.5, 0.6) is 11.5 Å². The first kappa shape index (κ1) is 11.4. The highest BCUT2D eigenvalue weighted by Crippen LogP contribution is 2.49. The summed E-state index contributed by atoms with van der Waals surface area (Å²) in [5.74, 6) is 0.595. The van der Waals surface area contributed by atoms with Crippen LogP contribution < -0.4 is 9.47 Å². The van der Waals surface area contributed by atoms with Crippen molar-refractivity contribution >= 4 is 5.97 Å². The van der Waals surface area contributed by atoms with Crippen molar-refractivity contribution in [3.63, 3.8) is 0 Å². The van der Waals surface area contributed by atoms with Gasteiger partial charge in [0, 0.05) is 5.41 Å². The Morgan fingerprint density at radius 2 is 1.89 bits per heavy atom. The molecule has 4 heteroatoms. The van der Waals surface area contributed by atoms with Crippen LogP contribution in [0.2, 0.25) is 0 Å². The second kappa shape index (κ2) is 3.90. The van der Waals surface area contributed by atoms with Gasteiger partial charge in [-0.05, 0) is 43.0 Å². The maximum atomic E-state index is 10.8. The minimum absolute atomic E-state index is 0.0214. The number of hydrogen-bond donors (Lipinski definition) is 1. The monoisotopic (exact) mass is 248 g/mol. The van der Waals surface area contributed by atoms with Gasteiger partial charge in [0.1, 0.15) is 0 Å². The van der Waals surface area contributed by atoms with Crippen molar-refractivity contribution < 1.29 is 19.4 Å². The molecule has 0 amide bonds. The third-order valence-corrected chi connectivity index (χ3v) is 3.77. The van der Waals surface area contributed by atoms with Gasteiger partial charge in [0.2, 0.25) is 0 Å². The van der Waals surface area contributed by atoms with Gasteiger partial charge in [-0.15, -0.1) is 0 Å². The molecule has 1 fully saturated rings. The van der Waals surface area contributed by atoms with E-state index in [1.165, 1.54) is 0 Å². The molecule has 0 bridgehead atoms. The molecule has 2 aliphatic rings. The maximum absolute atomic E-state index is 10.8. The lowest BCUT2D eigenvalue weighted by atomic mass is 10.0. The predicted molar refractivity (Wildman–Crippen MR) is 65.2 cm³/mol. The van der Waals surface area contributed by atoms with E-state index in [1.54, 1.807) is 6.07 Å². The van der Waals surface area contributed by atoms with Crippen molar-refractivity contribution in [2.24, 2.45) is 5.41 Å². The molecular weight excluding hydrogens is 232 g/mol. The van der Waals surface area contributed by atoms with E-state index < -0.39 is 5.97 Å². The molecule has 1 aliphatic carbocycles. The van der Waals surface area contributed by atoms with Gasteiger partial charge in [-0.25, -0.2) is 0 Å². The lowest BCUT2D eigenvalue weighted by Gasteiger charge is -2.11. The minimum Gasteiger partial charge on any atom is -0.489 e. The normalized spacial score (nSPS) is 19.4. The quantitative estimate of drug-likeness (QED) is 0.871. The predicted octanol–water partition coefficient (Wildman–Crippen LogP) is 2.17. The van der Waals surface area contributed by atoms with Gasteiger partial charge >= 0.3 is 5.97 Å². The first-order chi connectivity index (χ1) is 8.58. The summed E-state index contributed by atoms with van der Waals surface area (Å²) >= 11 is 0. The smallest absolute Gasteiger partial charge is 0.307 e. The van der Waals surface area contributed by atoms with Gasteiger partial charge in [-0.2, -0.15) is 0 Å². The van der Waals surface area contributed by atoms with Gasteiger partial charge in [0.25, 0.3) is 0 Å². The van der Waals surface area contributed by atoms with Crippen molar-refractivity contribution in [3.8, 4) is 11.5 Å². The second-order valence-corrected chi connectivity index (χ2v) is 5.37. The lowest BCUT2D eigenvalue weighted by molar-refractivity contribution is -0.136. The van der Waals surface area contributed by atoms with Crippen LogP contribution in [0.15, 0.2) is 12.1 Å². The molecule has 1 saturated carbocycles. The summed E-state index contributed by atoms with van der Waals surface area (Å²) in [5.41, 5.74) is 1.93. The molecule has 96 valence electrons. The van der Waals surface area contributed by atoms with Crippen molar-refractivity contribution in [2.75, 3.05) is 13.2 Å². The van der Waals surface area contributed by atoms with Gasteiger partial charge in [-0.1, -0.05) is 0 Å². The second-order valence-electron chi connectivity index (χ2n) is 5.37. The summed E-state index contributed by atoms with van der Waals surface area (Å²) in [6.07, 6.45) is 2.33. The molecule has 0 atom stereocenters. The van der Waals surface area contributed by atoms with Crippen LogP contribution >= 0.6 is 0 Å². The molecule has 3 rings (SSSR count). The number of carboxylic acids is 1. The van der Waals surface area contributed by atoms with Gasteiger partial charge in [-0.3, -0.25) is 4.79 Å². The summed E-state index contributed by atoms with van der Waals surface area (Å²) in [4.78, 5) is 10.8. The maximum Gasteiger partial charge on any atom is 0.307 e. The van der Waals surface area contributed by atoms with Gasteiger partial charge < -0.3 is 14.6 Å². The van der Waals surface area contributed by atoms with E-state index in [0.717, 1.165) is 29.7 Å². The first-order valence-corrected chi connectivity index (χ1v) is 6.19. The topological polar surface area (TPSA) is 55.8 Å². The summed E-state index contributed by atoms with van der Waals surface area (Å²) in [7, 11) is 0. The van der Waals surface area contributed by atoms with E-state index >= 15 is 0 Å². The van der Waals surface area contributed by atoms with E-state index in [-0.39, 0.29) is 11.8 Å². The Kier molecular flexibility index (Phi) is 2.47. The Hall–Kier alpha value is -1.71. The Labute approximate surface area is 106 Å². The summed E-state index contributed by atoms with van der Waals surface area (Å²) in [6.45, 7) is 3.28. The van der Waals surface area contributed by atoms with E-state index in [1.807, 2.05) is 13.0 Å². The van der Waals surface area contributed by atoms with Crippen LogP contribution in [0.1, 0.15) is 24.0 Å². The number of aliphatic carboxylic acids is 1. The number of fused-ring (bicyclic) bond motifs is 1. The van der Waals surface area contributed by atoms with Crippen LogP contribution in [-0.2, 0) is 11.2 Å². The summed E-state index contributed by atoms with van der Waals surface area (Å²) in [6, 6.07) is 3.69. The van der Waals surface area contributed by atoms with E-state index in [0.29, 0.717) is 19.0 Å². The van der Waals surface area contributed by atoms with Crippen molar-refractivity contribution in [1.82, 2.24) is 0 Å². The Bertz CT molecular complexity index is 503. The van der Waals surface area contributed by atoms with Crippen LogP contribution in [0.25, 0.3) is 0 Å². The molecule has 1 aromatic carbocycles. The van der Waals surface area contributed by atoms with Crippen LogP contribution in [-0.4, -0.2) is 24.3 Å². The molecule has 0 radical (unpaired) electrons. The van der Waals surface area contributed by atoms with Crippen LogP contribution in [0.4, 0.5) is 0 Å². The Morgan fingerprint density at radius 3 is 2.44 bits per heavy atom. The van der Waals surface area contributed by atoms with E-state index in [9.17, 15) is 4.79 Å². The molecule has 1 heterocycles. The summed E-state index contributed by atoms with van der Waals surface area (Å²) in [5, 5.41) is 8.87. The average Bonchev–Trinajstić information content (AvgIpc) is 3.09. The fraction of sp³-hybridized carbons (Fsp3) is 0.500.